The predicted molar refractivity (Wildman–Crippen MR) is 50.3 cm³/mol. The van der Waals surface area contributed by atoms with Crippen LogP contribution in [0.4, 0.5) is 4.79 Å². The Bertz CT molecular complexity index is 180. The molecule has 0 aliphatic heterocycles. The fourth-order valence-electron chi connectivity index (χ4n) is 0.632. The summed E-state index contributed by atoms with van der Waals surface area (Å²) >= 11 is 0. The van der Waals surface area contributed by atoms with Crippen LogP contribution in [0.5, 0.6) is 0 Å². The van der Waals surface area contributed by atoms with Crippen LogP contribution < -0.4 is 41.0 Å². The van der Waals surface area contributed by atoms with Gasteiger partial charge in [-0.25, -0.2) is 4.79 Å². The second-order valence-corrected chi connectivity index (χ2v) is 2.51. The van der Waals surface area contributed by atoms with E-state index in [1.54, 1.807) is 0 Å². The third-order valence-corrected chi connectivity index (χ3v) is 1.29. The molecule has 1 unspecified atom stereocenters. The fraction of sp³-hybridized carbons (Fsp3) is 0.714. The molecular weight excluding hydrogens is 215 g/mol. The Kier molecular flexibility index (Phi) is 18.3. The molecule has 0 aliphatic rings. The Morgan fingerprint density at radius 2 is 1.60 bits per heavy atom. The molecule has 7 N–H and O–H groups in total. The van der Waals surface area contributed by atoms with Crippen LogP contribution in [0.2, 0.25) is 0 Å². The van der Waals surface area contributed by atoms with Crippen LogP contribution in [0.1, 0.15) is 20.7 Å². The standard InChI is InChI=1S/C6H14N2O2.CH2O3.Na.H/c7-4-2-1-3-5(8)6(9)10;2-1(3)4;;/h5H,1-4,7-8H2,(H,9,10);(H2,2,3,4);;/q;;+1;-1. The van der Waals surface area contributed by atoms with Crippen molar-refractivity contribution >= 4 is 12.1 Å². The van der Waals surface area contributed by atoms with Gasteiger partial charge in [0.15, 0.2) is 0 Å². The molecule has 0 fully saturated rings. The van der Waals surface area contributed by atoms with Gasteiger partial charge in [0.1, 0.15) is 6.04 Å². The normalized spacial score (nSPS) is 10.3. The monoisotopic (exact) mass is 232 g/mol. The molecule has 0 amide bonds. The first-order chi connectivity index (χ1) is 6.41. The first-order valence-corrected chi connectivity index (χ1v) is 4.02. The van der Waals surface area contributed by atoms with Crippen molar-refractivity contribution in [1.29, 1.82) is 0 Å². The van der Waals surface area contributed by atoms with Crippen molar-refractivity contribution in [3.05, 3.63) is 0 Å². The van der Waals surface area contributed by atoms with Gasteiger partial charge >= 0.3 is 41.7 Å². The molecule has 1 atom stereocenters. The summed E-state index contributed by atoms with van der Waals surface area (Å²) in [7, 11) is 0. The molecule has 0 saturated heterocycles. The number of unbranched alkanes of at least 4 members (excludes halogenated alkanes) is 1. The molecule has 8 heteroatoms. The minimum atomic E-state index is -1.83. The summed E-state index contributed by atoms with van der Waals surface area (Å²) in [6.07, 6.45) is 0.331. The van der Waals surface area contributed by atoms with Crippen LogP contribution in [-0.4, -0.2) is 40.0 Å². The van der Waals surface area contributed by atoms with Gasteiger partial charge < -0.3 is 28.2 Å². The summed E-state index contributed by atoms with van der Waals surface area (Å²) in [6, 6.07) is -0.716. The molecule has 0 rings (SSSR count). The van der Waals surface area contributed by atoms with Gasteiger partial charge in [-0.3, -0.25) is 4.79 Å². The Balaban J connectivity index is -0.000000105. The average molecular weight is 232 g/mol. The second kappa shape index (κ2) is 13.7. The minimum Gasteiger partial charge on any atom is -1.00 e. The fourth-order valence-corrected chi connectivity index (χ4v) is 0.632. The average Bonchev–Trinajstić information content (AvgIpc) is 2.03. The maximum absolute atomic E-state index is 10.1. The predicted octanol–water partition coefficient (Wildman–Crippen LogP) is -3.13. The smallest absolute Gasteiger partial charge is 1.00 e. The van der Waals surface area contributed by atoms with Gasteiger partial charge in [-0.1, -0.05) is 6.42 Å². The van der Waals surface area contributed by atoms with Gasteiger partial charge in [-0.15, -0.1) is 0 Å². The maximum atomic E-state index is 10.1. The molecule has 0 aromatic heterocycles. The summed E-state index contributed by atoms with van der Waals surface area (Å²) in [5.74, 6) is -0.933. The van der Waals surface area contributed by atoms with Crippen LogP contribution in [0.15, 0.2) is 0 Å². The van der Waals surface area contributed by atoms with Gasteiger partial charge in [-0.05, 0) is 19.4 Å². The van der Waals surface area contributed by atoms with Crippen molar-refractivity contribution in [3.8, 4) is 0 Å². The van der Waals surface area contributed by atoms with Crippen LogP contribution in [0, 0.1) is 0 Å². The van der Waals surface area contributed by atoms with E-state index >= 15 is 0 Å². The zero-order valence-electron chi connectivity index (χ0n) is 9.72. The third kappa shape index (κ3) is 24.8. The number of carboxylic acid groups (broad SMARTS) is 3. The molecular formula is C7H17N2NaO5. The van der Waals surface area contributed by atoms with E-state index in [1.165, 1.54) is 0 Å². The Morgan fingerprint density at radius 1 is 1.20 bits per heavy atom. The molecule has 0 aliphatic carbocycles. The molecule has 0 heterocycles. The summed E-state index contributed by atoms with van der Waals surface area (Å²) in [5, 5.41) is 22.3. The van der Waals surface area contributed by atoms with Gasteiger partial charge in [0.2, 0.25) is 0 Å². The molecule has 0 aromatic carbocycles. The molecule has 0 saturated carbocycles. The van der Waals surface area contributed by atoms with Crippen molar-refractivity contribution in [1.82, 2.24) is 0 Å². The molecule has 0 spiro atoms. The second-order valence-electron chi connectivity index (χ2n) is 2.51. The number of hydrogen-bond acceptors (Lipinski definition) is 4. The van der Waals surface area contributed by atoms with Gasteiger partial charge in [0.25, 0.3) is 0 Å². The number of aliphatic carboxylic acids is 1. The summed E-state index contributed by atoms with van der Waals surface area (Å²) in [5.41, 5.74) is 10.4. The Labute approximate surface area is 111 Å². The SMILES string of the molecule is NCCCCC(N)C(=O)O.O=C(O)O.[H-].[Na+]. The summed E-state index contributed by atoms with van der Waals surface area (Å²) in [6.45, 7) is 0.604. The van der Waals surface area contributed by atoms with E-state index in [-0.39, 0.29) is 31.0 Å². The van der Waals surface area contributed by atoms with E-state index < -0.39 is 18.2 Å². The molecule has 0 radical (unpaired) electrons. The van der Waals surface area contributed by atoms with E-state index in [1.807, 2.05) is 0 Å². The molecule has 0 aromatic rings. The molecule has 15 heavy (non-hydrogen) atoms. The van der Waals surface area contributed by atoms with Crippen LogP contribution in [0.3, 0.4) is 0 Å². The summed E-state index contributed by atoms with van der Waals surface area (Å²) < 4.78 is 0. The summed E-state index contributed by atoms with van der Waals surface area (Å²) in [4.78, 5) is 18.7. The van der Waals surface area contributed by atoms with E-state index in [9.17, 15) is 4.79 Å². The van der Waals surface area contributed by atoms with E-state index in [2.05, 4.69) is 0 Å². The number of nitrogens with two attached hydrogens (primary N) is 2. The quantitative estimate of drug-likeness (QED) is 0.248. The third-order valence-electron chi connectivity index (χ3n) is 1.29. The van der Waals surface area contributed by atoms with Crippen molar-refractivity contribution in [2.24, 2.45) is 11.5 Å². The van der Waals surface area contributed by atoms with Crippen LogP contribution in [-0.2, 0) is 4.79 Å². The van der Waals surface area contributed by atoms with Crippen LogP contribution >= 0.6 is 0 Å². The van der Waals surface area contributed by atoms with Crippen molar-refractivity contribution < 1.29 is 55.9 Å². The van der Waals surface area contributed by atoms with E-state index in [0.29, 0.717) is 13.0 Å². The maximum Gasteiger partial charge on any atom is 1.00 e. The zero-order chi connectivity index (χ0) is 11.6. The van der Waals surface area contributed by atoms with Gasteiger partial charge in [0.05, 0.1) is 0 Å². The van der Waals surface area contributed by atoms with Gasteiger partial charge in [0, 0.05) is 0 Å². The zero-order valence-corrected chi connectivity index (χ0v) is 10.7. The van der Waals surface area contributed by atoms with Crippen molar-refractivity contribution in [3.63, 3.8) is 0 Å². The molecule has 0 bridgehead atoms. The number of hydrogen-bond donors (Lipinski definition) is 5. The Morgan fingerprint density at radius 3 is 1.87 bits per heavy atom. The number of rotatable bonds is 5. The van der Waals surface area contributed by atoms with E-state index in [4.69, 9.17) is 31.6 Å². The van der Waals surface area contributed by atoms with Crippen molar-refractivity contribution in [2.45, 2.75) is 25.3 Å². The van der Waals surface area contributed by atoms with Gasteiger partial charge in [-0.2, -0.15) is 0 Å². The van der Waals surface area contributed by atoms with E-state index in [0.717, 1.165) is 12.8 Å². The molecule has 7 nitrogen and oxygen atoms in total. The van der Waals surface area contributed by atoms with Crippen LogP contribution in [0.25, 0.3) is 0 Å². The topological polar surface area (TPSA) is 147 Å². The first kappa shape index (κ1) is 20.1. The number of carbonyl (C=O) groups is 2. The van der Waals surface area contributed by atoms with Crippen molar-refractivity contribution in [2.75, 3.05) is 6.54 Å². The minimum absolute atomic E-state index is 0. The Hall–Kier alpha value is -0.340. The largest absolute Gasteiger partial charge is 1.00 e. The molecule has 86 valence electrons. The first-order valence-electron chi connectivity index (χ1n) is 4.02. The number of carboxylic acids is 1.